The maximum absolute atomic E-state index is 6.18. The van der Waals surface area contributed by atoms with Crippen molar-refractivity contribution in [1.29, 1.82) is 0 Å². The molecule has 3 heterocycles. The molecule has 1 aliphatic rings. The lowest BCUT2D eigenvalue weighted by Crippen LogP contribution is -2.19. The topological polar surface area (TPSA) is 47.1 Å². The lowest BCUT2D eigenvalue weighted by atomic mass is 10.0. The Morgan fingerprint density at radius 3 is 2.46 bits per heavy atom. The highest BCUT2D eigenvalue weighted by atomic mass is 16.4. The molecule has 174 valence electrons. The molecule has 0 spiro atoms. The molecule has 0 radical (unpaired) electrons. The predicted molar refractivity (Wildman–Crippen MR) is 141 cm³/mol. The van der Waals surface area contributed by atoms with E-state index in [1.807, 2.05) is 12.1 Å². The van der Waals surface area contributed by atoms with Crippen LogP contribution in [-0.2, 0) is 6.54 Å². The number of nitrogens with zero attached hydrogens (tertiary/aromatic N) is 4. The molecule has 35 heavy (non-hydrogen) atoms. The van der Waals surface area contributed by atoms with E-state index >= 15 is 0 Å². The van der Waals surface area contributed by atoms with E-state index in [0.717, 1.165) is 41.7 Å². The van der Waals surface area contributed by atoms with Crippen molar-refractivity contribution in [3.8, 4) is 22.9 Å². The van der Waals surface area contributed by atoms with Crippen LogP contribution in [-0.4, -0.2) is 27.9 Å². The molecule has 1 saturated heterocycles. The van der Waals surface area contributed by atoms with Crippen LogP contribution in [0.1, 0.15) is 18.9 Å². The second-order valence-electron chi connectivity index (χ2n) is 9.41. The molecule has 5 nitrogen and oxygen atoms in total. The Labute approximate surface area is 205 Å². The molecule has 0 saturated carbocycles. The summed E-state index contributed by atoms with van der Waals surface area (Å²) in [7, 11) is 0. The molecule has 0 N–H and O–H groups in total. The summed E-state index contributed by atoms with van der Waals surface area (Å²) in [5.41, 5.74) is 6.77. The van der Waals surface area contributed by atoms with E-state index in [-0.39, 0.29) is 0 Å². The molecule has 6 rings (SSSR count). The first kappa shape index (κ1) is 21.4. The summed E-state index contributed by atoms with van der Waals surface area (Å²) < 4.78 is 8.42. The summed E-state index contributed by atoms with van der Waals surface area (Å²) in [5.74, 6) is 1.65. The smallest absolute Gasteiger partial charge is 0.250 e. The number of anilines is 1. The molecular formula is C30H28N4O. The largest absolute Gasteiger partial charge is 0.416 e. The monoisotopic (exact) mass is 460 g/mol. The van der Waals surface area contributed by atoms with Gasteiger partial charge in [-0.3, -0.25) is 0 Å². The first-order valence-electron chi connectivity index (χ1n) is 12.1. The van der Waals surface area contributed by atoms with Crippen LogP contribution < -0.4 is 4.90 Å². The quantitative estimate of drug-likeness (QED) is 0.261. The van der Waals surface area contributed by atoms with Gasteiger partial charge in [-0.15, -0.1) is 10.2 Å². The summed E-state index contributed by atoms with van der Waals surface area (Å²) in [6, 6.07) is 27.2. The van der Waals surface area contributed by atoms with Crippen molar-refractivity contribution >= 4 is 16.6 Å². The number of hydrogen-bond acceptors (Lipinski definition) is 4. The summed E-state index contributed by atoms with van der Waals surface area (Å²) in [6.45, 7) is 9.14. The normalized spacial score (nSPS) is 15.7. The molecule has 5 heteroatoms. The minimum atomic E-state index is 0.535. The zero-order valence-corrected chi connectivity index (χ0v) is 19.9. The van der Waals surface area contributed by atoms with Gasteiger partial charge in [-0.2, -0.15) is 0 Å². The van der Waals surface area contributed by atoms with Gasteiger partial charge in [0, 0.05) is 48.0 Å². The average Bonchev–Trinajstić information content (AvgIpc) is 3.64. The van der Waals surface area contributed by atoms with Crippen molar-refractivity contribution in [1.82, 2.24) is 14.8 Å². The molecule has 1 unspecified atom stereocenters. The van der Waals surface area contributed by atoms with Gasteiger partial charge in [0.15, 0.2) is 0 Å². The lowest BCUT2D eigenvalue weighted by molar-refractivity contribution is 0.585. The van der Waals surface area contributed by atoms with Gasteiger partial charge in [0.1, 0.15) is 0 Å². The highest BCUT2D eigenvalue weighted by molar-refractivity contribution is 5.94. The van der Waals surface area contributed by atoms with Crippen molar-refractivity contribution in [2.24, 2.45) is 5.92 Å². The first-order chi connectivity index (χ1) is 17.2. The Kier molecular flexibility index (Phi) is 5.45. The average molecular weight is 461 g/mol. The van der Waals surface area contributed by atoms with Gasteiger partial charge in [-0.05, 0) is 55.2 Å². The van der Waals surface area contributed by atoms with Crippen LogP contribution >= 0.6 is 0 Å². The van der Waals surface area contributed by atoms with Crippen LogP contribution in [0.15, 0.2) is 102 Å². The first-order valence-corrected chi connectivity index (χ1v) is 12.1. The van der Waals surface area contributed by atoms with E-state index in [4.69, 9.17) is 4.42 Å². The Hall–Kier alpha value is -4.12. The number of fused-ring (bicyclic) bond motifs is 1. The van der Waals surface area contributed by atoms with Crippen molar-refractivity contribution in [3.63, 3.8) is 0 Å². The van der Waals surface area contributed by atoms with Crippen molar-refractivity contribution in [2.75, 3.05) is 18.0 Å². The zero-order valence-electron chi connectivity index (χ0n) is 19.9. The van der Waals surface area contributed by atoms with Gasteiger partial charge in [-0.1, -0.05) is 60.7 Å². The van der Waals surface area contributed by atoms with Gasteiger partial charge in [0.2, 0.25) is 11.8 Å². The fourth-order valence-electron chi connectivity index (χ4n) is 4.99. The molecule has 5 aromatic rings. The molecule has 0 amide bonds. The van der Waals surface area contributed by atoms with E-state index in [1.165, 1.54) is 23.2 Å². The van der Waals surface area contributed by atoms with Crippen LogP contribution in [0.4, 0.5) is 5.69 Å². The number of hydrogen-bond donors (Lipinski definition) is 0. The Morgan fingerprint density at radius 1 is 0.943 bits per heavy atom. The van der Waals surface area contributed by atoms with E-state index < -0.39 is 0 Å². The lowest BCUT2D eigenvalue weighted by Gasteiger charge is -2.19. The Bertz CT molecular complexity index is 1480. The second kappa shape index (κ2) is 8.91. The Balaban J connectivity index is 1.27. The minimum Gasteiger partial charge on any atom is -0.416 e. The fourth-order valence-corrected chi connectivity index (χ4v) is 4.99. The minimum absolute atomic E-state index is 0.535. The highest BCUT2D eigenvalue weighted by Gasteiger charge is 2.23. The van der Waals surface area contributed by atoms with Crippen molar-refractivity contribution < 1.29 is 4.42 Å². The summed E-state index contributed by atoms with van der Waals surface area (Å²) in [5, 5.41) is 9.89. The van der Waals surface area contributed by atoms with E-state index in [1.54, 1.807) is 0 Å². The second-order valence-corrected chi connectivity index (χ2v) is 9.41. The molecule has 3 aromatic carbocycles. The van der Waals surface area contributed by atoms with Crippen LogP contribution in [0.3, 0.4) is 0 Å². The third-order valence-corrected chi connectivity index (χ3v) is 7.00. The van der Waals surface area contributed by atoms with Gasteiger partial charge < -0.3 is 13.9 Å². The number of aromatic nitrogens is 3. The molecule has 2 aromatic heterocycles. The summed E-state index contributed by atoms with van der Waals surface area (Å²) in [6.07, 6.45) is 3.28. The predicted octanol–water partition coefficient (Wildman–Crippen LogP) is 6.81. The molecule has 0 aliphatic carbocycles. The van der Waals surface area contributed by atoms with E-state index in [9.17, 15) is 0 Å². The molecule has 0 bridgehead atoms. The maximum atomic E-state index is 6.18. The Morgan fingerprint density at radius 2 is 1.69 bits per heavy atom. The summed E-state index contributed by atoms with van der Waals surface area (Å²) >= 11 is 0. The van der Waals surface area contributed by atoms with Gasteiger partial charge in [0.25, 0.3) is 0 Å². The van der Waals surface area contributed by atoms with E-state index in [0.29, 0.717) is 17.7 Å². The van der Waals surface area contributed by atoms with Gasteiger partial charge in [0.05, 0.1) is 5.56 Å². The number of rotatable bonds is 6. The van der Waals surface area contributed by atoms with Crippen LogP contribution in [0, 0.1) is 5.92 Å². The SMILES string of the molecule is C=C(C)C1CCN(c2ccc(-c3nnc(-c4cn(Cc5ccccc5)c5ccccc45)o3)cc2)C1. The maximum Gasteiger partial charge on any atom is 0.250 e. The molecule has 1 fully saturated rings. The number of benzene rings is 3. The highest BCUT2D eigenvalue weighted by Crippen LogP contribution is 2.33. The molecular weight excluding hydrogens is 432 g/mol. The van der Waals surface area contributed by atoms with E-state index in [2.05, 4.69) is 106 Å². The molecule has 1 aliphatic heterocycles. The summed E-state index contributed by atoms with van der Waals surface area (Å²) in [4.78, 5) is 2.42. The van der Waals surface area contributed by atoms with Gasteiger partial charge in [-0.25, -0.2) is 0 Å². The van der Waals surface area contributed by atoms with Crippen LogP contribution in [0.25, 0.3) is 33.8 Å². The number of para-hydroxylation sites is 1. The van der Waals surface area contributed by atoms with Crippen LogP contribution in [0.5, 0.6) is 0 Å². The third kappa shape index (κ3) is 4.14. The van der Waals surface area contributed by atoms with Crippen molar-refractivity contribution in [2.45, 2.75) is 19.9 Å². The van der Waals surface area contributed by atoms with Gasteiger partial charge >= 0.3 is 0 Å². The van der Waals surface area contributed by atoms with Crippen molar-refractivity contribution in [3.05, 3.63) is 103 Å². The molecule has 1 atom stereocenters. The standard InChI is InChI=1S/C30H28N4O/c1-21(2)24-16-17-33(19-24)25-14-12-23(13-15-25)29-31-32-30(35-29)27-20-34(18-22-8-4-3-5-9-22)28-11-7-6-10-26(27)28/h3-15,20,24H,1,16-19H2,2H3. The third-order valence-electron chi connectivity index (χ3n) is 7.00. The zero-order chi connectivity index (χ0) is 23.8. The fraction of sp³-hybridized carbons (Fsp3) is 0.200. The van der Waals surface area contributed by atoms with Crippen LogP contribution in [0.2, 0.25) is 0 Å².